The van der Waals surface area contributed by atoms with Gasteiger partial charge < -0.3 is 9.80 Å². The monoisotopic (exact) mass is 268 g/mol. The number of rotatable bonds is 4. The highest BCUT2D eigenvalue weighted by Gasteiger charge is 2.06. The van der Waals surface area contributed by atoms with E-state index in [1.54, 1.807) is 0 Å². The summed E-state index contributed by atoms with van der Waals surface area (Å²) in [6.45, 7) is 0. The third-order valence-electron chi connectivity index (χ3n) is 2.99. The average Bonchev–Trinajstić information content (AvgIpc) is 2.45. The van der Waals surface area contributed by atoms with Crippen molar-refractivity contribution >= 4 is 22.7 Å². The molecule has 20 heavy (non-hydrogen) atoms. The van der Waals surface area contributed by atoms with E-state index >= 15 is 0 Å². The highest BCUT2D eigenvalue weighted by atomic mass is 15.2. The maximum Gasteiger partial charge on any atom is 0.109 e. The number of benzene rings is 2. The molecule has 2 aromatic carbocycles. The standard InChI is InChI=1S/C16H20N4/c1-19(2)14-10-11-15(16(12-14)20(3)4)18-17-13-8-6-5-7-9-13/h5-12H,1-4H3. The minimum Gasteiger partial charge on any atom is -0.378 e. The number of nitrogens with zero attached hydrogens (tertiary/aromatic N) is 4. The van der Waals surface area contributed by atoms with Gasteiger partial charge in [0.2, 0.25) is 0 Å². The van der Waals surface area contributed by atoms with Gasteiger partial charge in [-0.3, -0.25) is 0 Å². The molecule has 0 aliphatic carbocycles. The SMILES string of the molecule is CN(C)c1ccc(N=Nc2ccccc2)c(N(C)C)c1. The van der Waals surface area contributed by atoms with Gasteiger partial charge in [-0.25, -0.2) is 0 Å². The third kappa shape index (κ3) is 3.35. The lowest BCUT2D eigenvalue weighted by Crippen LogP contribution is -2.12. The minimum atomic E-state index is 0.855. The van der Waals surface area contributed by atoms with Crippen LogP contribution in [0.5, 0.6) is 0 Å². The van der Waals surface area contributed by atoms with Crippen molar-refractivity contribution in [3.63, 3.8) is 0 Å². The molecule has 0 atom stereocenters. The van der Waals surface area contributed by atoms with E-state index in [2.05, 4.69) is 21.2 Å². The van der Waals surface area contributed by atoms with E-state index in [9.17, 15) is 0 Å². The van der Waals surface area contributed by atoms with Crippen LogP contribution in [0.2, 0.25) is 0 Å². The largest absolute Gasteiger partial charge is 0.378 e. The first-order chi connectivity index (χ1) is 9.58. The predicted octanol–water partition coefficient (Wildman–Crippen LogP) is 4.23. The summed E-state index contributed by atoms with van der Waals surface area (Å²) in [5.74, 6) is 0. The van der Waals surface area contributed by atoms with Gasteiger partial charge in [0.05, 0.1) is 11.4 Å². The molecule has 0 amide bonds. The summed E-state index contributed by atoms with van der Waals surface area (Å²) in [6, 6.07) is 15.9. The highest BCUT2D eigenvalue weighted by molar-refractivity contribution is 5.72. The molecule has 4 nitrogen and oxygen atoms in total. The fourth-order valence-electron chi connectivity index (χ4n) is 1.84. The van der Waals surface area contributed by atoms with Crippen LogP contribution in [0.3, 0.4) is 0 Å². The molecule has 0 saturated heterocycles. The van der Waals surface area contributed by atoms with Crippen molar-refractivity contribution < 1.29 is 0 Å². The van der Waals surface area contributed by atoms with E-state index in [0.717, 1.165) is 22.7 Å². The maximum absolute atomic E-state index is 4.36. The fraction of sp³-hybridized carbons (Fsp3) is 0.250. The van der Waals surface area contributed by atoms with Crippen molar-refractivity contribution in [2.24, 2.45) is 10.2 Å². The second kappa shape index (κ2) is 6.19. The van der Waals surface area contributed by atoms with Crippen LogP contribution in [0.25, 0.3) is 0 Å². The Bertz CT molecular complexity index is 589. The first-order valence-corrected chi connectivity index (χ1v) is 6.53. The van der Waals surface area contributed by atoms with Gasteiger partial charge in [0.25, 0.3) is 0 Å². The van der Waals surface area contributed by atoms with Gasteiger partial charge in [-0.15, -0.1) is 5.11 Å². The quantitative estimate of drug-likeness (QED) is 0.777. The van der Waals surface area contributed by atoms with E-state index < -0.39 is 0 Å². The van der Waals surface area contributed by atoms with Crippen molar-refractivity contribution in [2.75, 3.05) is 38.0 Å². The van der Waals surface area contributed by atoms with Crippen LogP contribution in [0, 0.1) is 0 Å². The molecule has 0 spiro atoms. The van der Waals surface area contributed by atoms with Crippen LogP contribution >= 0.6 is 0 Å². The van der Waals surface area contributed by atoms with Gasteiger partial charge in [-0.1, -0.05) is 18.2 Å². The molecule has 0 fully saturated rings. The van der Waals surface area contributed by atoms with Crippen molar-refractivity contribution in [3.05, 3.63) is 48.5 Å². The van der Waals surface area contributed by atoms with E-state index in [1.807, 2.05) is 75.6 Å². The molecule has 0 aliphatic heterocycles. The van der Waals surface area contributed by atoms with E-state index in [1.165, 1.54) is 0 Å². The van der Waals surface area contributed by atoms with Crippen LogP contribution in [-0.2, 0) is 0 Å². The molecule has 0 unspecified atom stereocenters. The van der Waals surface area contributed by atoms with Gasteiger partial charge in [0, 0.05) is 33.9 Å². The second-order valence-corrected chi connectivity index (χ2v) is 5.00. The first kappa shape index (κ1) is 14.1. The molecule has 0 bridgehead atoms. The molecule has 0 saturated carbocycles. The summed E-state index contributed by atoms with van der Waals surface area (Å²) < 4.78 is 0. The van der Waals surface area contributed by atoms with Crippen molar-refractivity contribution in [2.45, 2.75) is 0 Å². The normalized spacial score (nSPS) is 10.8. The Hall–Kier alpha value is -2.36. The maximum atomic E-state index is 4.36. The Kier molecular flexibility index (Phi) is 4.35. The molecule has 0 aromatic heterocycles. The first-order valence-electron chi connectivity index (χ1n) is 6.53. The summed E-state index contributed by atoms with van der Waals surface area (Å²) >= 11 is 0. The predicted molar refractivity (Wildman–Crippen MR) is 85.7 cm³/mol. The minimum absolute atomic E-state index is 0.855. The zero-order chi connectivity index (χ0) is 14.5. The van der Waals surface area contributed by atoms with Crippen LogP contribution < -0.4 is 9.80 Å². The molecule has 0 N–H and O–H groups in total. The van der Waals surface area contributed by atoms with Crippen LogP contribution in [-0.4, -0.2) is 28.2 Å². The Morgan fingerprint density at radius 2 is 1.45 bits per heavy atom. The lowest BCUT2D eigenvalue weighted by atomic mass is 10.2. The summed E-state index contributed by atoms with van der Waals surface area (Å²) in [6.07, 6.45) is 0. The van der Waals surface area contributed by atoms with E-state index in [-0.39, 0.29) is 0 Å². The van der Waals surface area contributed by atoms with E-state index in [0.29, 0.717) is 0 Å². The van der Waals surface area contributed by atoms with Gasteiger partial charge in [0.15, 0.2) is 0 Å². The third-order valence-corrected chi connectivity index (χ3v) is 2.99. The summed E-state index contributed by atoms with van der Waals surface area (Å²) in [7, 11) is 8.08. The van der Waals surface area contributed by atoms with Gasteiger partial charge in [-0.2, -0.15) is 5.11 Å². The Labute approximate surface area is 120 Å². The molecule has 4 heteroatoms. The van der Waals surface area contributed by atoms with Gasteiger partial charge in [0.1, 0.15) is 5.69 Å². The van der Waals surface area contributed by atoms with Crippen molar-refractivity contribution in [3.8, 4) is 0 Å². The smallest absolute Gasteiger partial charge is 0.109 e. The number of anilines is 2. The van der Waals surface area contributed by atoms with Crippen LogP contribution in [0.1, 0.15) is 0 Å². The molecule has 2 aromatic rings. The summed E-state index contributed by atoms with van der Waals surface area (Å²) in [4.78, 5) is 4.12. The fourth-order valence-corrected chi connectivity index (χ4v) is 1.84. The van der Waals surface area contributed by atoms with Gasteiger partial charge >= 0.3 is 0 Å². The molecule has 0 aliphatic rings. The number of azo groups is 1. The lowest BCUT2D eigenvalue weighted by molar-refractivity contribution is 1.09. The van der Waals surface area contributed by atoms with Crippen LogP contribution in [0.4, 0.5) is 22.7 Å². The average molecular weight is 268 g/mol. The van der Waals surface area contributed by atoms with Crippen molar-refractivity contribution in [1.29, 1.82) is 0 Å². The highest BCUT2D eigenvalue weighted by Crippen LogP contribution is 2.32. The molecular formula is C16H20N4. The Balaban J connectivity index is 2.34. The molecule has 0 radical (unpaired) electrons. The lowest BCUT2D eigenvalue weighted by Gasteiger charge is -2.19. The Morgan fingerprint density at radius 3 is 2.05 bits per heavy atom. The Morgan fingerprint density at radius 1 is 0.750 bits per heavy atom. The zero-order valence-electron chi connectivity index (χ0n) is 12.4. The van der Waals surface area contributed by atoms with Crippen LogP contribution in [0.15, 0.2) is 58.8 Å². The second-order valence-electron chi connectivity index (χ2n) is 5.00. The van der Waals surface area contributed by atoms with Gasteiger partial charge in [-0.05, 0) is 30.3 Å². The number of hydrogen-bond donors (Lipinski definition) is 0. The van der Waals surface area contributed by atoms with E-state index in [4.69, 9.17) is 0 Å². The topological polar surface area (TPSA) is 31.2 Å². The molecule has 2 rings (SSSR count). The number of hydrogen-bond acceptors (Lipinski definition) is 4. The summed E-state index contributed by atoms with van der Waals surface area (Å²) in [5.41, 5.74) is 3.92. The zero-order valence-corrected chi connectivity index (χ0v) is 12.4. The van der Waals surface area contributed by atoms with Crippen molar-refractivity contribution in [1.82, 2.24) is 0 Å². The molecule has 0 heterocycles. The molecule has 104 valence electrons. The molecular weight excluding hydrogens is 248 g/mol. The summed E-state index contributed by atoms with van der Waals surface area (Å²) in [5, 5.41) is 8.64.